The highest BCUT2D eigenvalue weighted by Crippen LogP contribution is 2.24. The van der Waals surface area contributed by atoms with Crippen LogP contribution >= 0.6 is 11.3 Å². The fourth-order valence-electron chi connectivity index (χ4n) is 2.45. The maximum absolute atomic E-state index is 12.1. The van der Waals surface area contributed by atoms with E-state index in [2.05, 4.69) is 0 Å². The minimum absolute atomic E-state index is 0.0540. The summed E-state index contributed by atoms with van der Waals surface area (Å²) in [6, 6.07) is 11.8. The lowest BCUT2D eigenvalue weighted by atomic mass is 10.2. The van der Waals surface area contributed by atoms with Crippen LogP contribution in [0, 0.1) is 24.0 Å². The Kier molecular flexibility index (Phi) is 5.52. The summed E-state index contributed by atoms with van der Waals surface area (Å²) >= 11 is 1.45. The van der Waals surface area contributed by atoms with Gasteiger partial charge in [-0.15, -0.1) is 11.3 Å². The molecule has 0 amide bonds. The summed E-state index contributed by atoms with van der Waals surface area (Å²) < 4.78 is 11.2. The number of thiophene rings is 1. The standard InChI is InChI=1S/C20H17NO5S/c1-13-11-16(6-8-18(13)21(23)24)25-12-17-5-4-15(26-17)7-9-19(22)20-10-3-14(2)27-20/h3-11H,12H2,1-2H3/b9-7+. The van der Waals surface area contributed by atoms with Crippen LogP contribution < -0.4 is 4.74 Å². The molecule has 3 rings (SSSR count). The number of nitro groups is 1. The largest absolute Gasteiger partial charge is 0.486 e. The first-order chi connectivity index (χ1) is 12.9. The van der Waals surface area contributed by atoms with Crippen LogP contribution in [0.15, 0.2) is 53.0 Å². The van der Waals surface area contributed by atoms with Gasteiger partial charge in [-0.25, -0.2) is 0 Å². The molecular formula is C20H17NO5S. The minimum atomic E-state index is -0.428. The van der Waals surface area contributed by atoms with E-state index in [1.54, 1.807) is 43.3 Å². The van der Waals surface area contributed by atoms with Gasteiger partial charge in [0, 0.05) is 16.5 Å². The van der Waals surface area contributed by atoms with E-state index in [1.807, 2.05) is 13.0 Å². The van der Waals surface area contributed by atoms with Crippen molar-refractivity contribution in [3.05, 3.63) is 85.5 Å². The number of benzene rings is 1. The van der Waals surface area contributed by atoms with Gasteiger partial charge in [-0.1, -0.05) is 0 Å². The summed E-state index contributed by atoms with van der Waals surface area (Å²) in [5.41, 5.74) is 0.585. The molecule has 7 heteroatoms. The van der Waals surface area contributed by atoms with Crippen molar-refractivity contribution in [2.24, 2.45) is 0 Å². The molecule has 0 atom stereocenters. The zero-order chi connectivity index (χ0) is 19.4. The molecule has 0 aliphatic heterocycles. The fourth-order valence-corrected chi connectivity index (χ4v) is 3.23. The average molecular weight is 383 g/mol. The van der Waals surface area contributed by atoms with Gasteiger partial charge < -0.3 is 9.15 Å². The quantitative estimate of drug-likeness (QED) is 0.238. The molecule has 27 heavy (non-hydrogen) atoms. The number of nitrogens with zero attached hydrogens (tertiary/aromatic N) is 1. The maximum Gasteiger partial charge on any atom is 0.272 e. The molecule has 0 radical (unpaired) electrons. The number of ether oxygens (including phenoxy) is 1. The number of ketones is 1. The van der Waals surface area contributed by atoms with E-state index in [-0.39, 0.29) is 18.1 Å². The van der Waals surface area contributed by atoms with E-state index in [1.165, 1.54) is 23.5 Å². The van der Waals surface area contributed by atoms with Crippen LogP contribution in [-0.4, -0.2) is 10.7 Å². The monoisotopic (exact) mass is 383 g/mol. The van der Waals surface area contributed by atoms with Crippen molar-refractivity contribution in [2.75, 3.05) is 0 Å². The van der Waals surface area contributed by atoms with Crippen LogP contribution in [0.3, 0.4) is 0 Å². The number of rotatable bonds is 7. The van der Waals surface area contributed by atoms with Gasteiger partial charge in [-0.05, 0) is 62.4 Å². The molecule has 0 saturated heterocycles. The molecule has 0 N–H and O–H groups in total. The summed E-state index contributed by atoms with van der Waals surface area (Å²) in [5.74, 6) is 1.60. The first-order valence-electron chi connectivity index (χ1n) is 8.18. The Bertz CT molecular complexity index is 1020. The Morgan fingerprint density at radius 1 is 1.22 bits per heavy atom. The molecule has 6 nitrogen and oxygen atoms in total. The molecule has 0 bridgehead atoms. The summed E-state index contributed by atoms with van der Waals surface area (Å²) in [7, 11) is 0. The van der Waals surface area contributed by atoms with Crippen LogP contribution in [0.4, 0.5) is 5.69 Å². The third kappa shape index (κ3) is 4.71. The van der Waals surface area contributed by atoms with Gasteiger partial charge >= 0.3 is 0 Å². The van der Waals surface area contributed by atoms with Gasteiger partial charge in [0.2, 0.25) is 0 Å². The van der Waals surface area contributed by atoms with E-state index in [0.29, 0.717) is 27.7 Å². The van der Waals surface area contributed by atoms with Gasteiger partial charge in [0.15, 0.2) is 5.78 Å². The van der Waals surface area contributed by atoms with Crippen molar-refractivity contribution in [1.29, 1.82) is 0 Å². The third-order valence-corrected chi connectivity index (χ3v) is 4.83. The average Bonchev–Trinajstić information content (AvgIpc) is 3.26. The van der Waals surface area contributed by atoms with E-state index in [4.69, 9.17) is 9.15 Å². The molecule has 0 saturated carbocycles. The summed E-state index contributed by atoms with van der Waals surface area (Å²) in [4.78, 5) is 24.3. The Hall–Kier alpha value is -3.19. The minimum Gasteiger partial charge on any atom is -0.486 e. The second-order valence-electron chi connectivity index (χ2n) is 5.91. The molecule has 0 fully saturated rings. The van der Waals surface area contributed by atoms with Gasteiger partial charge in [0.25, 0.3) is 5.69 Å². The maximum atomic E-state index is 12.1. The molecule has 138 valence electrons. The lowest BCUT2D eigenvalue weighted by molar-refractivity contribution is -0.385. The Morgan fingerprint density at radius 2 is 2.04 bits per heavy atom. The first-order valence-corrected chi connectivity index (χ1v) is 8.99. The van der Waals surface area contributed by atoms with Crippen LogP contribution in [-0.2, 0) is 6.61 Å². The number of aryl methyl sites for hydroxylation is 2. The number of allylic oxidation sites excluding steroid dienone is 1. The van der Waals surface area contributed by atoms with Crippen LogP contribution in [0.25, 0.3) is 6.08 Å². The van der Waals surface area contributed by atoms with Crippen LogP contribution in [0.1, 0.15) is 31.6 Å². The Morgan fingerprint density at radius 3 is 2.70 bits per heavy atom. The predicted octanol–water partition coefficient (Wildman–Crippen LogP) is 5.34. The SMILES string of the molecule is Cc1ccc(C(=O)/C=C/c2ccc(COc3ccc([N+](=O)[O-])c(C)c3)o2)s1. The summed E-state index contributed by atoms with van der Waals surface area (Å²) in [6.07, 6.45) is 3.10. The fraction of sp³-hybridized carbons (Fsp3) is 0.150. The summed E-state index contributed by atoms with van der Waals surface area (Å²) in [6.45, 7) is 3.80. The molecule has 2 heterocycles. The number of furan rings is 1. The van der Waals surface area contributed by atoms with Gasteiger partial charge in [0.1, 0.15) is 23.9 Å². The summed E-state index contributed by atoms with van der Waals surface area (Å²) in [5, 5.41) is 10.8. The van der Waals surface area contributed by atoms with E-state index in [9.17, 15) is 14.9 Å². The zero-order valence-electron chi connectivity index (χ0n) is 14.8. The number of nitro benzene ring substituents is 1. The molecule has 0 aliphatic carbocycles. The number of hydrogen-bond acceptors (Lipinski definition) is 6. The Labute approximate surface area is 159 Å². The van der Waals surface area contributed by atoms with Crippen molar-refractivity contribution in [3.63, 3.8) is 0 Å². The zero-order valence-corrected chi connectivity index (χ0v) is 15.6. The molecule has 0 aliphatic rings. The van der Waals surface area contributed by atoms with Crippen molar-refractivity contribution in [3.8, 4) is 5.75 Å². The highest BCUT2D eigenvalue weighted by molar-refractivity contribution is 7.14. The van der Waals surface area contributed by atoms with Gasteiger partial charge in [-0.2, -0.15) is 0 Å². The molecular weight excluding hydrogens is 366 g/mol. The topological polar surface area (TPSA) is 82.6 Å². The predicted molar refractivity (Wildman–Crippen MR) is 103 cm³/mol. The first kappa shape index (κ1) is 18.6. The van der Waals surface area contributed by atoms with Crippen molar-refractivity contribution >= 4 is 28.9 Å². The number of carbonyl (C=O) groups is 1. The van der Waals surface area contributed by atoms with Crippen molar-refractivity contribution in [2.45, 2.75) is 20.5 Å². The normalized spacial score (nSPS) is 11.0. The van der Waals surface area contributed by atoms with Crippen LogP contribution in [0.2, 0.25) is 0 Å². The lowest BCUT2D eigenvalue weighted by Gasteiger charge is -2.05. The molecule has 0 spiro atoms. The van der Waals surface area contributed by atoms with Gasteiger partial charge in [-0.3, -0.25) is 14.9 Å². The van der Waals surface area contributed by atoms with E-state index < -0.39 is 4.92 Å². The van der Waals surface area contributed by atoms with Crippen molar-refractivity contribution < 1.29 is 18.9 Å². The highest BCUT2D eigenvalue weighted by Gasteiger charge is 2.11. The second-order valence-corrected chi connectivity index (χ2v) is 7.19. The molecule has 2 aromatic heterocycles. The highest BCUT2D eigenvalue weighted by atomic mass is 32.1. The van der Waals surface area contributed by atoms with Crippen molar-refractivity contribution in [1.82, 2.24) is 0 Å². The Balaban J connectivity index is 1.59. The third-order valence-electron chi connectivity index (χ3n) is 3.81. The van der Waals surface area contributed by atoms with Crippen LogP contribution in [0.5, 0.6) is 5.75 Å². The molecule has 0 unspecified atom stereocenters. The second kappa shape index (κ2) is 8.01. The number of carbonyl (C=O) groups excluding carboxylic acids is 1. The van der Waals surface area contributed by atoms with Gasteiger partial charge in [0.05, 0.1) is 9.80 Å². The van der Waals surface area contributed by atoms with E-state index >= 15 is 0 Å². The lowest BCUT2D eigenvalue weighted by Crippen LogP contribution is -1.96. The molecule has 3 aromatic rings. The number of hydrogen-bond donors (Lipinski definition) is 0. The molecule has 1 aromatic carbocycles. The smallest absolute Gasteiger partial charge is 0.272 e. The van der Waals surface area contributed by atoms with E-state index in [0.717, 1.165) is 4.88 Å².